The predicted molar refractivity (Wildman–Crippen MR) is 72.8 cm³/mol. The summed E-state index contributed by atoms with van der Waals surface area (Å²) in [5.41, 5.74) is 0.596. The van der Waals surface area contributed by atoms with E-state index in [0.717, 1.165) is 0 Å². The summed E-state index contributed by atoms with van der Waals surface area (Å²) in [6.07, 6.45) is 0. The van der Waals surface area contributed by atoms with Gasteiger partial charge in [0, 0.05) is 23.5 Å². The number of carbonyl (C=O) groups excluding carboxylic acids is 1. The van der Waals surface area contributed by atoms with E-state index in [-0.39, 0.29) is 5.75 Å². The number of halogens is 2. The molecule has 4 nitrogen and oxygen atoms in total. The lowest BCUT2D eigenvalue weighted by molar-refractivity contribution is -0.140. The molecule has 1 amide bonds. The van der Waals surface area contributed by atoms with Gasteiger partial charge in [0.15, 0.2) is 0 Å². The molecule has 2 N–H and O–H groups in total. The fraction of sp³-hybridized carbons (Fsp3) is 0.333. The van der Waals surface area contributed by atoms with E-state index >= 15 is 0 Å². The summed E-state index contributed by atoms with van der Waals surface area (Å²) in [4.78, 5) is 21.7. The van der Waals surface area contributed by atoms with Gasteiger partial charge in [-0.25, -0.2) is 9.18 Å². The third-order valence-corrected chi connectivity index (χ3v) is 3.68. The maximum absolute atomic E-state index is 13.0. The molecule has 1 rings (SSSR count). The predicted octanol–water partition coefficient (Wildman–Crippen LogP) is 2.30. The normalized spacial score (nSPS) is 11.9. The molecule has 0 fully saturated rings. The first-order chi connectivity index (χ1) is 8.90. The summed E-state index contributed by atoms with van der Waals surface area (Å²) in [5.74, 6) is -1.34. The number of carboxylic acids is 1. The zero-order valence-corrected chi connectivity index (χ0v) is 11.7. The minimum Gasteiger partial charge on any atom is -0.480 e. The summed E-state index contributed by atoms with van der Waals surface area (Å²) < 4.78 is 13.0. The Bertz CT molecular complexity index is 484. The molecule has 0 saturated heterocycles. The van der Waals surface area contributed by atoms with Crippen molar-refractivity contribution in [2.75, 3.05) is 5.75 Å². The Hall–Kier alpha value is -1.27. The lowest BCUT2D eigenvalue weighted by Crippen LogP contribution is -2.41. The second kappa shape index (κ2) is 7.35. The highest BCUT2D eigenvalue weighted by molar-refractivity contribution is 7.98. The molecule has 0 bridgehead atoms. The van der Waals surface area contributed by atoms with E-state index < -0.39 is 23.7 Å². The second-order valence-corrected chi connectivity index (χ2v) is 5.28. The van der Waals surface area contributed by atoms with Crippen LogP contribution >= 0.6 is 23.4 Å². The summed E-state index contributed by atoms with van der Waals surface area (Å²) in [5, 5.41) is 11.7. The molecule has 19 heavy (non-hydrogen) atoms. The summed E-state index contributed by atoms with van der Waals surface area (Å²) in [6, 6.07) is 3.06. The van der Waals surface area contributed by atoms with Crippen LogP contribution in [0.4, 0.5) is 4.39 Å². The van der Waals surface area contributed by atoms with Crippen LogP contribution in [0.15, 0.2) is 18.2 Å². The number of amides is 1. The molecule has 1 aromatic carbocycles. The van der Waals surface area contributed by atoms with Crippen LogP contribution in [0.5, 0.6) is 0 Å². The molecule has 0 heterocycles. The third-order valence-electron chi connectivity index (χ3n) is 2.23. The largest absolute Gasteiger partial charge is 0.480 e. The number of hydrogen-bond acceptors (Lipinski definition) is 3. The fourth-order valence-electron chi connectivity index (χ4n) is 1.36. The van der Waals surface area contributed by atoms with Crippen LogP contribution < -0.4 is 5.32 Å². The van der Waals surface area contributed by atoms with Gasteiger partial charge in [0.1, 0.15) is 11.9 Å². The first-order valence-electron chi connectivity index (χ1n) is 5.41. The van der Waals surface area contributed by atoms with Gasteiger partial charge in [-0.2, -0.15) is 11.8 Å². The molecule has 7 heteroatoms. The minimum atomic E-state index is -1.10. The van der Waals surface area contributed by atoms with E-state index in [4.69, 9.17) is 16.7 Å². The van der Waals surface area contributed by atoms with E-state index in [1.807, 2.05) is 0 Å². The number of thioether (sulfide) groups is 1. The zero-order chi connectivity index (χ0) is 14.4. The Balaban J connectivity index is 2.54. The summed E-state index contributed by atoms with van der Waals surface area (Å²) in [7, 11) is 0. The molecular weight excluding hydrogens is 293 g/mol. The number of benzene rings is 1. The highest BCUT2D eigenvalue weighted by atomic mass is 35.5. The number of aliphatic carboxylic acids is 1. The Labute approximate surface area is 119 Å². The van der Waals surface area contributed by atoms with Crippen molar-refractivity contribution in [3.8, 4) is 0 Å². The van der Waals surface area contributed by atoms with Crippen LogP contribution in [0.3, 0.4) is 0 Å². The Morgan fingerprint density at radius 2 is 2.21 bits per heavy atom. The number of carbonyl (C=O) groups is 2. The van der Waals surface area contributed by atoms with Crippen molar-refractivity contribution < 1.29 is 19.1 Å². The standard InChI is InChI=1S/C12H13ClFNO3S/c1-7(16)15-11(12(17)18)6-19-5-8-4-9(14)2-3-10(8)13/h2-4,11H,5-6H2,1H3,(H,15,16)(H,17,18). The zero-order valence-electron chi connectivity index (χ0n) is 10.2. The monoisotopic (exact) mass is 305 g/mol. The smallest absolute Gasteiger partial charge is 0.327 e. The molecular formula is C12H13ClFNO3S. The Morgan fingerprint density at radius 3 is 2.79 bits per heavy atom. The van der Waals surface area contributed by atoms with Crippen LogP contribution in [0.2, 0.25) is 5.02 Å². The molecule has 0 aliphatic carbocycles. The van der Waals surface area contributed by atoms with Gasteiger partial charge in [-0.1, -0.05) is 11.6 Å². The first-order valence-corrected chi connectivity index (χ1v) is 6.95. The van der Waals surface area contributed by atoms with E-state index in [1.54, 1.807) is 0 Å². The van der Waals surface area contributed by atoms with Gasteiger partial charge in [0.25, 0.3) is 0 Å². The molecule has 0 radical (unpaired) electrons. The maximum atomic E-state index is 13.0. The van der Waals surface area contributed by atoms with Gasteiger partial charge in [0.2, 0.25) is 5.91 Å². The second-order valence-electron chi connectivity index (χ2n) is 3.84. The third kappa shape index (κ3) is 5.48. The quantitative estimate of drug-likeness (QED) is 0.846. The van der Waals surface area contributed by atoms with Crippen molar-refractivity contribution in [1.29, 1.82) is 0 Å². The van der Waals surface area contributed by atoms with E-state index in [9.17, 15) is 14.0 Å². The Kier molecular flexibility index (Phi) is 6.11. The van der Waals surface area contributed by atoms with Gasteiger partial charge < -0.3 is 10.4 Å². The van der Waals surface area contributed by atoms with Crippen molar-refractivity contribution in [2.24, 2.45) is 0 Å². The van der Waals surface area contributed by atoms with Crippen LogP contribution in [0, 0.1) is 5.82 Å². The molecule has 1 aromatic rings. The topological polar surface area (TPSA) is 66.4 Å². The van der Waals surface area contributed by atoms with Crippen molar-refractivity contribution in [2.45, 2.75) is 18.7 Å². The summed E-state index contributed by atoms with van der Waals surface area (Å²) >= 11 is 7.15. The van der Waals surface area contributed by atoms with Gasteiger partial charge in [-0.15, -0.1) is 0 Å². The molecule has 0 aromatic heterocycles. The van der Waals surface area contributed by atoms with Crippen LogP contribution in [-0.4, -0.2) is 28.8 Å². The number of rotatable bonds is 6. The molecule has 1 unspecified atom stereocenters. The average molecular weight is 306 g/mol. The van der Waals surface area contributed by atoms with Gasteiger partial charge in [-0.3, -0.25) is 4.79 Å². The van der Waals surface area contributed by atoms with Crippen LogP contribution in [-0.2, 0) is 15.3 Å². The number of hydrogen-bond donors (Lipinski definition) is 2. The van der Waals surface area contributed by atoms with Crippen LogP contribution in [0.1, 0.15) is 12.5 Å². The van der Waals surface area contributed by atoms with Crippen molar-refractivity contribution in [3.63, 3.8) is 0 Å². The van der Waals surface area contributed by atoms with Gasteiger partial charge in [-0.05, 0) is 23.8 Å². The maximum Gasteiger partial charge on any atom is 0.327 e. The molecule has 0 aliphatic rings. The van der Waals surface area contributed by atoms with Crippen LogP contribution in [0.25, 0.3) is 0 Å². The lowest BCUT2D eigenvalue weighted by Gasteiger charge is -2.13. The van der Waals surface area contributed by atoms with Crippen molar-refractivity contribution in [3.05, 3.63) is 34.6 Å². The Morgan fingerprint density at radius 1 is 1.53 bits per heavy atom. The minimum absolute atomic E-state index is 0.182. The van der Waals surface area contributed by atoms with Gasteiger partial charge >= 0.3 is 5.97 Å². The summed E-state index contributed by atoms with van der Waals surface area (Å²) in [6.45, 7) is 1.25. The molecule has 104 valence electrons. The number of carboxylic acid groups (broad SMARTS) is 1. The SMILES string of the molecule is CC(=O)NC(CSCc1cc(F)ccc1Cl)C(=O)O. The lowest BCUT2D eigenvalue weighted by atomic mass is 10.2. The fourth-order valence-corrected chi connectivity index (χ4v) is 2.66. The molecule has 0 aliphatic heterocycles. The van der Waals surface area contributed by atoms with E-state index in [2.05, 4.69) is 5.32 Å². The molecule has 0 saturated carbocycles. The highest BCUT2D eigenvalue weighted by Crippen LogP contribution is 2.22. The van der Waals surface area contributed by atoms with Crippen molar-refractivity contribution in [1.82, 2.24) is 5.32 Å². The van der Waals surface area contributed by atoms with E-state index in [0.29, 0.717) is 16.3 Å². The van der Waals surface area contributed by atoms with Gasteiger partial charge in [0.05, 0.1) is 0 Å². The molecule has 0 spiro atoms. The van der Waals surface area contributed by atoms with Crippen molar-refractivity contribution >= 4 is 35.2 Å². The highest BCUT2D eigenvalue weighted by Gasteiger charge is 2.18. The van der Waals surface area contributed by atoms with E-state index in [1.165, 1.54) is 36.9 Å². The molecule has 1 atom stereocenters. The average Bonchev–Trinajstić information content (AvgIpc) is 2.31. The number of nitrogens with one attached hydrogen (secondary N) is 1. The first kappa shape index (κ1) is 15.8.